The van der Waals surface area contributed by atoms with Crippen LogP contribution in [0.3, 0.4) is 0 Å². The normalized spacial score (nSPS) is 17.3. The SMILES string of the molecule is C=CC1=CCC(=C)C=C1. The molecule has 0 heteroatoms. The Balaban J connectivity index is 2.73. The summed E-state index contributed by atoms with van der Waals surface area (Å²) in [6.07, 6.45) is 8.99. The van der Waals surface area contributed by atoms with E-state index in [-0.39, 0.29) is 0 Å². The predicted molar refractivity (Wildman–Crippen MR) is 41.2 cm³/mol. The fourth-order valence-corrected chi connectivity index (χ4v) is 0.750. The second-order valence-electron chi connectivity index (χ2n) is 2.10. The first kappa shape index (κ1) is 6.09. The highest BCUT2D eigenvalue weighted by molar-refractivity contribution is 5.39. The van der Waals surface area contributed by atoms with Gasteiger partial charge < -0.3 is 0 Å². The third-order valence-corrected chi connectivity index (χ3v) is 1.35. The molecule has 0 fully saturated rings. The maximum Gasteiger partial charge on any atom is -0.00943 e. The summed E-state index contributed by atoms with van der Waals surface area (Å²) >= 11 is 0. The molecule has 1 aliphatic carbocycles. The molecule has 0 saturated heterocycles. The Morgan fingerprint density at radius 1 is 1.44 bits per heavy atom. The molecule has 0 unspecified atom stereocenters. The molecule has 0 N–H and O–H groups in total. The summed E-state index contributed by atoms with van der Waals surface area (Å²) in [7, 11) is 0. The highest BCUT2D eigenvalue weighted by Gasteiger charge is 1.93. The zero-order valence-corrected chi connectivity index (χ0v) is 5.43. The Bertz CT molecular complexity index is 192. The second kappa shape index (κ2) is 2.49. The molecule has 0 nitrogen and oxygen atoms in total. The van der Waals surface area contributed by atoms with Gasteiger partial charge in [0.2, 0.25) is 0 Å². The van der Waals surface area contributed by atoms with Crippen LogP contribution in [-0.2, 0) is 0 Å². The van der Waals surface area contributed by atoms with Gasteiger partial charge in [-0.15, -0.1) is 0 Å². The quantitative estimate of drug-likeness (QED) is 0.496. The molecular weight excluding hydrogens is 108 g/mol. The molecule has 9 heavy (non-hydrogen) atoms. The van der Waals surface area contributed by atoms with Gasteiger partial charge in [-0.3, -0.25) is 0 Å². The summed E-state index contributed by atoms with van der Waals surface area (Å²) in [4.78, 5) is 0. The monoisotopic (exact) mass is 118 g/mol. The summed E-state index contributed by atoms with van der Waals surface area (Å²) < 4.78 is 0. The molecule has 0 atom stereocenters. The molecule has 0 bridgehead atoms. The van der Waals surface area contributed by atoms with Gasteiger partial charge in [0.25, 0.3) is 0 Å². The van der Waals surface area contributed by atoms with Crippen molar-refractivity contribution in [1.82, 2.24) is 0 Å². The van der Waals surface area contributed by atoms with E-state index in [4.69, 9.17) is 0 Å². The molecular formula is C9H10. The molecule has 0 aromatic carbocycles. The third kappa shape index (κ3) is 1.43. The van der Waals surface area contributed by atoms with Gasteiger partial charge in [0.05, 0.1) is 0 Å². The summed E-state index contributed by atoms with van der Waals surface area (Å²) in [5.41, 5.74) is 2.36. The van der Waals surface area contributed by atoms with Crippen LogP contribution in [0.2, 0.25) is 0 Å². The van der Waals surface area contributed by atoms with Crippen LogP contribution in [0, 0.1) is 0 Å². The van der Waals surface area contributed by atoms with Gasteiger partial charge in [0.15, 0.2) is 0 Å². The minimum absolute atomic E-state index is 0.970. The van der Waals surface area contributed by atoms with Crippen molar-refractivity contribution in [3.63, 3.8) is 0 Å². The minimum Gasteiger partial charge on any atom is -0.0985 e. The van der Waals surface area contributed by atoms with Crippen LogP contribution in [0.1, 0.15) is 6.42 Å². The standard InChI is InChI=1S/C9H10/c1-3-9-6-4-8(2)5-7-9/h3-4,6-7H,1-2,5H2. The Morgan fingerprint density at radius 2 is 2.22 bits per heavy atom. The Labute approximate surface area is 55.9 Å². The van der Waals surface area contributed by atoms with E-state index in [0.717, 1.165) is 6.42 Å². The van der Waals surface area contributed by atoms with Crippen molar-refractivity contribution < 1.29 is 0 Å². The van der Waals surface area contributed by atoms with Crippen LogP contribution < -0.4 is 0 Å². The summed E-state index contributed by atoms with van der Waals surface area (Å²) in [5, 5.41) is 0. The van der Waals surface area contributed by atoms with Crippen LogP contribution in [0.5, 0.6) is 0 Å². The maximum absolute atomic E-state index is 3.82. The lowest BCUT2D eigenvalue weighted by Crippen LogP contribution is -1.81. The van der Waals surface area contributed by atoms with Crippen molar-refractivity contribution in [3.05, 3.63) is 48.6 Å². The molecule has 0 radical (unpaired) electrons. The minimum atomic E-state index is 0.970. The Hall–Kier alpha value is -1.04. The van der Waals surface area contributed by atoms with Crippen molar-refractivity contribution in [1.29, 1.82) is 0 Å². The average Bonchev–Trinajstić information content (AvgIpc) is 1.90. The highest BCUT2D eigenvalue weighted by atomic mass is 14.0. The molecule has 0 aromatic heterocycles. The molecule has 0 saturated carbocycles. The Kier molecular flexibility index (Phi) is 1.69. The van der Waals surface area contributed by atoms with Gasteiger partial charge in [-0.2, -0.15) is 0 Å². The van der Waals surface area contributed by atoms with Crippen LogP contribution in [-0.4, -0.2) is 0 Å². The van der Waals surface area contributed by atoms with E-state index in [0.29, 0.717) is 0 Å². The van der Waals surface area contributed by atoms with Gasteiger partial charge in [0, 0.05) is 0 Å². The predicted octanol–water partition coefficient (Wildman–Crippen LogP) is 2.61. The summed E-state index contributed by atoms with van der Waals surface area (Å²) in [6, 6.07) is 0. The molecule has 0 amide bonds. The number of hydrogen-bond acceptors (Lipinski definition) is 0. The van der Waals surface area contributed by atoms with Crippen LogP contribution >= 0.6 is 0 Å². The van der Waals surface area contributed by atoms with E-state index in [1.54, 1.807) is 0 Å². The smallest absolute Gasteiger partial charge is 0.00943 e. The number of hydrogen-bond donors (Lipinski definition) is 0. The fraction of sp³-hybridized carbons (Fsp3) is 0.111. The Morgan fingerprint density at radius 3 is 2.67 bits per heavy atom. The second-order valence-corrected chi connectivity index (χ2v) is 2.10. The van der Waals surface area contributed by atoms with E-state index >= 15 is 0 Å². The first-order valence-electron chi connectivity index (χ1n) is 3.01. The molecule has 0 heterocycles. The summed E-state index contributed by atoms with van der Waals surface area (Å²) in [6.45, 7) is 7.48. The first-order valence-corrected chi connectivity index (χ1v) is 3.01. The van der Waals surface area contributed by atoms with Crippen molar-refractivity contribution in [2.45, 2.75) is 6.42 Å². The average molecular weight is 118 g/mol. The fourth-order valence-electron chi connectivity index (χ4n) is 0.750. The molecule has 0 aliphatic heterocycles. The lowest BCUT2D eigenvalue weighted by Gasteiger charge is -2.02. The molecule has 1 aliphatic rings. The third-order valence-electron chi connectivity index (χ3n) is 1.35. The first-order chi connectivity index (χ1) is 4.33. The van der Waals surface area contributed by atoms with Crippen molar-refractivity contribution in [2.24, 2.45) is 0 Å². The maximum atomic E-state index is 3.82. The van der Waals surface area contributed by atoms with Gasteiger partial charge in [-0.05, 0) is 12.0 Å². The molecule has 0 aromatic rings. The largest absolute Gasteiger partial charge is 0.0985 e. The van der Waals surface area contributed by atoms with Crippen molar-refractivity contribution in [2.75, 3.05) is 0 Å². The summed E-state index contributed by atoms with van der Waals surface area (Å²) in [5.74, 6) is 0. The lowest BCUT2D eigenvalue weighted by molar-refractivity contribution is 1.25. The van der Waals surface area contributed by atoms with Crippen LogP contribution in [0.4, 0.5) is 0 Å². The lowest BCUT2D eigenvalue weighted by atomic mass is 10.0. The zero-order valence-electron chi connectivity index (χ0n) is 5.43. The van der Waals surface area contributed by atoms with Gasteiger partial charge >= 0.3 is 0 Å². The van der Waals surface area contributed by atoms with E-state index in [1.165, 1.54) is 11.1 Å². The van der Waals surface area contributed by atoms with Gasteiger partial charge in [0.1, 0.15) is 0 Å². The number of allylic oxidation sites excluding steroid dienone is 6. The molecule has 46 valence electrons. The molecule has 0 spiro atoms. The van der Waals surface area contributed by atoms with Gasteiger partial charge in [-0.1, -0.05) is 43.0 Å². The topological polar surface area (TPSA) is 0 Å². The van der Waals surface area contributed by atoms with Crippen molar-refractivity contribution in [3.8, 4) is 0 Å². The van der Waals surface area contributed by atoms with Crippen LogP contribution in [0.15, 0.2) is 48.6 Å². The zero-order chi connectivity index (χ0) is 6.69. The number of rotatable bonds is 1. The van der Waals surface area contributed by atoms with Crippen molar-refractivity contribution >= 4 is 0 Å². The van der Waals surface area contributed by atoms with E-state index in [2.05, 4.69) is 19.2 Å². The van der Waals surface area contributed by atoms with Gasteiger partial charge in [-0.25, -0.2) is 0 Å². The van der Waals surface area contributed by atoms with E-state index in [1.807, 2.05) is 18.2 Å². The van der Waals surface area contributed by atoms with Crippen LogP contribution in [0.25, 0.3) is 0 Å². The highest BCUT2D eigenvalue weighted by Crippen LogP contribution is 2.13. The van der Waals surface area contributed by atoms with E-state index in [9.17, 15) is 0 Å². The molecule has 1 rings (SSSR count). The van der Waals surface area contributed by atoms with E-state index < -0.39 is 0 Å².